The van der Waals surface area contributed by atoms with E-state index in [1.54, 1.807) is 35.1 Å². The molecule has 1 saturated carbocycles. The molecule has 0 atom stereocenters. The number of aromatic nitrogens is 3. The minimum Gasteiger partial charge on any atom is -0.485 e. The minimum atomic E-state index is 0.120. The van der Waals surface area contributed by atoms with Crippen molar-refractivity contribution in [1.82, 2.24) is 14.6 Å². The molecule has 4 rings (SSSR count). The highest BCUT2D eigenvalue weighted by molar-refractivity contribution is 5.95. The average Bonchev–Trinajstić information content (AvgIpc) is 3.40. The number of ether oxygens (including phenoxy) is 1. The summed E-state index contributed by atoms with van der Waals surface area (Å²) >= 11 is 0. The number of anilines is 1. The van der Waals surface area contributed by atoms with E-state index in [0.717, 1.165) is 23.9 Å². The summed E-state index contributed by atoms with van der Waals surface area (Å²) in [7, 11) is 1.76. The molecule has 0 bridgehead atoms. The quantitative estimate of drug-likeness (QED) is 0.724. The van der Waals surface area contributed by atoms with E-state index >= 15 is 0 Å². The van der Waals surface area contributed by atoms with E-state index in [1.807, 2.05) is 30.3 Å². The number of fused-ring (bicyclic) bond motifs is 1. The van der Waals surface area contributed by atoms with E-state index in [0.29, 0.717) is 18.2 Å². The lowest BCUT2D eigenvalue weighted by atomic mass is 10.2. The first-order valence-electron chi connectivity index (χ1n) is 8.00. The van der Waals surface area contributed by atoms with Crippen LogP contribution in [0.3, 0.4) is 0 Å². The predicted octanol–water partition coefficient (Wildman–Crippen LogP) is 2.68. The number of rotatable bonds is 5. The Morgan fingerprint density at radius 1 is 1.29 bits per heavy atom. The van der Waals surface area contributed by atoms with E-state index < -0.39 is 0 Å². The second-order valence-electron chi connectivity index (χ2n) is 6.03. The summed E-state index contributed by atoms with van der Waals surface area (Å²) in [5, 5.41) is 4.31. The third kappa shape index (κ3) is 2.82. The molecule has 1 aromatic carbocycles. The summed E-state index contributed by atoms with van der Waals surface area (Å²) in [6, 6.07) is 9.97. The molecule has 24 heavy (non-hydrogen) atoms. The Balaban J connectivity index is 1.53. The standard InChI is InChI=1S/C18H18N4O2/c1-21(18(23)14-7-8-14)17-11-22-15(9-19-17)16(10-20-22)24-12-13-5-3-2-4-6-13/h2-6,9-11,14H,7-8,12H2,1H3. The minimum absolute atomic E-state index is 0.120. The Labute approximate surface area is 139 Å². The maximum atomic E-state index is 12.1. The molecule has 2 heterocycles. The van der Waals surface area contributed by atoms with Crippen molar-refractivity contribution in [3.05, 3.63) is 54.5 Å². The molecule has 2 aromatic heterocycles. The third-order valence-corrected chi connectivity index (χ3v) is 4.19. The van der Waals surface area contributed by atoms with Gasteiger partial charge in [-0.3, -0.25) is 9.69 Å². The highest BCUT2D eigenvalue weighted by atomic mass is 16.5. The molecular weight excluding hydrogens is 304 g/mol. The van der Waals surface area contributed by atoms with E-state index in [4.69, 9.17) is 4.74 Å². The van der Waals surface area contributed by atoms with Crippen LogP contribution in [0.2, 0.25) is 0 Å². The highest BCUT2D eigenvalue weighted by Gasteiger charge is 2.33. The van der Waals surface area contributed by atoms with Gasteiger partial charge in [0.05, 0.1) is 18.6 Å². The van der Waals surface area contributed by atoms with Gasteiger partial charge in [-0.1, -0.05) is 30.3 Å². The lowest BCUT2D eigenvalue weighted by molar-refractivity contribution is -0.119. The van der Waals surface area contributed by atoms with Gasteiger partial charge in [0.1, 0.15) is 12.1 Å². The summed E-state index contributed by atoms with van der Waals surface area (Å²) < 4.78 is 7.53. The molecule has 1 fully saturated rings. The SMILES string of the molecule is CN(C(=O)C1CC1)c1cn2ncc(OCc3ccccc3)c2cn1. The highest BCUT2D eigenvalue weighted by Crippen LogP contribution is 2.32. The van der Waals surface area contributed by atoms with Crippen molar-refractivity contribution in [1.29, 1.82) is 0 Å². The van der Waals surface area contributed by atoms with Crippen molar-refractivity contribution in [2.45, 2.75) is 19.4 Å². The Kier molecular flexibility index (Phi) is 3.65. The van der Waals surface area contributed by atoms with Gasteiger partial charge >= 0.3 is 0 Å². The molecule has 0 aliphatic heterocycles. The van der Waals surface area contributed by atoms with Crippen LogP contribution >= 0.6 is 0 Å². The first-order chi connectivity index (χ1) is 11.7. The molecule has 0 radical (unpaired) electrons. The number of nitrogens with zero attached hydrogens (tertiary/aromatic N) is 4. The van der Waals surface area contributed by atoms with Crippen molar-refractivity contribution in [2.75, 3.05) is 11.9 Å². The predicted molar refractivity (Wildman–Crippen MR) is 89.9 cm³/mol. The van der Waals surface area contributed by atoms with Gasteiger partial charge in [0.2, 0.25) is 5.91 Å². The largest absolute Gasteiger partial charge is 0.485 e. The van der Waals surface area contributed by atoms with Crippen LogP contribution in [0.15, 0.2) is 48.9 Å². The topological polar surface area (TPSA) is 59.7 Å². The Hall–Kier alpha value is -2.89. The first-order valence-corrected chi connectivity index (χ1v) is 8.00. The normalized spacial score (nSPS) is 13.9. The van der Waals surface area contributed by atoms with Gasteiger partial charge in [-0.15, -0.1) is 0 Å². The lowest BCUT2D eigenvalue weighted by Crippen LogP contribution is -2.28. The van der Waals surface area contributed by atoms with Gasteiger partial charge < -0.3 is 4.74 Å². The number of carbonyl (C=O) groups is 1. The van der Waals surface area contributed by atoms with E-state index in [2.05, 4.69) is 10.1 Å². The second-order valence-corrected chi connectivity index (χ2v) is 6.03. The van der Waals surface area contributed by atoms with Gasteiger partial charge in [-0.25, -0.2) is 9.50 Å². The summed E-state index contributed by atoms with van der Waals surface area (Å²) in [6.07, 6.45) is 7.08. The number of hydrogen-bond acceptors (Lipinski definition) is 4. The van der Waals surface area contributed by atoms with Crippen LogP contribution in [-0.4, -0.2) is 27.6 Å². The lowest BCUT2D eigenvalue weighted by Gasteiger charge is -2.15. The molecule has 1 aliphatic carbocycles. The summed E-state index contributed by atoms with van der Waals surface area (Å²) in [4.78, 5) is 18.1. The van der Waals surface area contributed by atoms with Crippen molar-refractivity contribution >= 4 is 17.2 Å². The van der Waals surface area contributed by atoms with Crippen molar-refractivity contribution in [3.8, 4) is 5.75 Å². The second kappa shape index (κ2) is 5.96. The van der Waals surface area contributed by atoms with Crippen LogP contribution in [0.25, 0.3) is 5.52 Å². The van der Waals surface area contributed by atoms with Crippen LogP contribution in [0.5, 0.6) is 5.75 Å². The average molecular weight is 322 g/mol. The number of amides is 1. The summed E-state index contributed by atoms with van der Waals surface area (Å²) in [5.41, 5.74) is 1.87. The molecule has 0 spiro atoms. The molecule has 122 valence electrons. The molecule has 0 saturated heterocycles. The van der Waals surface area contributed by atoms with E-state index in [9.17, 15) is 4.79 Å². The molecule has 6 heteroatoms. The third-order valence-electron chi connectivity index (χ3n) is 4.19. The maximum absolute atomic E-state index is 12.1. The molecule has 0 unspecified atom stereocenters. The van der Waals surface area contributed by atoms with Gasteiger partial charge in [-0.05, 0) is 18.4 Å². The van der Waals surface area contributed by atoms with Gasteiger partial charge in [0.25, 0.3) is 0 Å². The number of carbonyl (C=O) groups excluding carboxylic acids is 1. The van der Waals surface area contributed by atoms with Crippen LogP contribution in [0.4, 0.5) is 5.82 Å². The van der Waals surface area contributed by atoms with Gasteiger partial charge in [-0.2, -0.15) is 5.10 Å². The molecule has 1 aliphatic rings. The Morgan fingerprint density at radius 2 is 2.08 bits per heavy atom. The fraction of sp³-hybridized carbons (Fsp3) is 0.278. The van der Waals surface area contributed by atoms with Crippen molar-refractivity contribution in [3.63, 3.8) is 0 Å². The van der Waals surface area contributed by atoms with E-state index in [-0.39, 0.29) is 11.8 Å². The molecule has 6 nitrogen and oxygen atoms in total. The zero-order chi connectivity index (χ0) is 16.5. The molecular formula is C18H18N4O2. The fourth-order valence-corrected chi connectivity index (χ4v) is 2.59. The van der Waals surface area contributed by atoms with Gasteiger partial charge in [0, 0.05) is 13.0 Å². The zero-order valence-corrected chi connectivity index (χ0v) is 13.4. The van der Waals surface area contributed by atoms with Crippen LogP contribution in [0.1, 0.15) is 18.4 Å². The molecule has 0 N–H and O–H groups in total. The van der Waals surface area contributed by atoms with Crippen LogP contribution < -0.4 is 9.64 Å². The monoisotopic (exact) mass is 322 g/mol. The smallest absolute Gasteiger partial charge is 0.231 e. The first kappa shape index (κ1) is 14.7. The van der Waals surface area contributed by atoms with E-state index in [1.165, 1.54) is 0 Å². The zero-order valence-electron chi connectivity index (χ0n) is 13.4. The van der Waals surface area contributed by atoms with Crippen molar-refractivity contribution in [2.24, 2.45) is 5.92 Å². The number of benzene rings is 1. The van der Waals surface area contributed by atoms with Crippen molar-refractivity contribution < 1.29 is 9.53 Å². The maximum Gasteiger partial charge on any atom is 0.231 e. The van der Waals surface area contributed by atoms with Gasteiger partial charge in [0.15, 0.2) is 11.6 Å². The summed E-state index contributed by atoms with van der Waals surface area (Å²) in [5.74, 6) is 1.55. The number of hydrogen-bond donors (Lipinski definition) is 0. The Bertz CT molecular complexity index is 871. The molecule has 1 amide bonds. The Morgan fingerprint density at radius 3 is 2.83 bits per heavy atom. The van der Waals surface area contributed by atoms with Crippen LogP contribution in [-0.2, 0) is 11.4 Å². The van der Waals surface area contributed by atoms with Crippen LogP contribution in [0, 0.1) is 5.92 Å². The molecule has 3 aromatic rings. The fourth-order valence-electron chi connectivity index (χ4n) is 2.59. The summed E-state index contributed by atoms with van der Waals surface area (Å²) in [6.45, 7) is 0.476.